The summed E-state index contributed by atoms with van der Waals surface area (Å²) in [4.78, 5) is 0. The lowest BCUT2D eigenvalue weighted by molar-refractivity contribution is -0.444. The van der Waals surface area contributed by atoms with Gasteiger partial charge in [-0.05, 0) is 113 Å². The summed E-state index contributed by atoms with van der Waals surface area (Å²) < 4.78 is 385. The summed E-state index contributed by atoms with van der Waals surface area (Å²) in [5, 5.41) is -2.72. The maximum Gasteiger partial charge on any atom is 0.460 e. The molecule has 0 N–H and O–H groups in total. The molecule has 0 fully saturated rings. The minimum absolute atomic E-state index is 0.105. The van der Waals surface area contributed by atoms with Crippen molar-refractivity contribution in [2.75, 3.05) is 0 Å². The van der Waals surface area contributed by atoms with Crippen molar-refractivity contribution in [2.45, 2.75) is 188 Å². The Hall–Kier alpha value is -5.13. The summed E-state index contributed by atoms with van der Waals surface area (Å²) in [6, 6.07) is 8.18. The molecule has 0 saturated heterocycles. The van der Waals surface area contributed by atoms with Crippen LogP contribution in [-0.4, -0.2) is 75.9 Å². The molecule has 0 unspecified atom stereocenters. The van der Waals surface area contributed by atoms with Crippen LogP contribution >= 0.6 is 0 Å². The molecule has 0 atom stereocenters. The van der Waals surface area contributed by atoms with Crippen molar-refractivity contribution in [2.24, 2.45) is 0 Å². The topological polar surface area (TPSA) is 0 Å². The van der Waals surface area contributed by atoms with Crippen LogP contribution in [0.1, 0.15) is 105 Å². The first-order valence-corrected chi connectivity index (χ1v) is 29.8. The zero-order valence-electron chi connectivity index (χ0n) is 46.1. The Morgan fingerprint density at radius 2 is 0.500 bits per heavy atom. The SMILES string of the molecule is CC(C)[Si](C#Cc1c2cc3ccccc3cc2c(C#C[Si](C(C)C)(C(C)C)C(C)C)c2cc3cc(C(F)(F)C(F)(F)C(F)(F)C(F)(F)C(F)(F)C(F)(F)F)c(C(F)(F)C(F)(F)C(F)(F)C(F)(F)C(F)(F)C(F)(F)F)cc3cc12)(C(C)C)C(C)C. The van der Waals surface area contributed by atoms with E-state index in [-0.39, 0.29) is 55.1 Å². The van der Waals surface area contributed by atoms with Gasteiger partial charge in [-0.3, -0.25) is 0 Å². The average Bonchev–Trinajstić information content (AvgIpc) is 1.17. The molecule has 0 aromatic heterocycles. The Kier molecular flexibility index (Phi) is 17.7. The van der Waals surface area contributed by atoms with Gasteiger partial charge in [-0.15, -0.1) is 11.1 Å². The number of hydrogen-bond donors (Lipinski definition) is 0. The molecule has 0 radical (unpaired) electrons. The van der Waals surface area contributed by atoms with E-state index in [1.807, 2.05) is 83.1 Å². The molecule has 28 heteroatoms. The van der Waals surface area contributed by atoms with Gasteiger partial charge in [-0.25, -0.2) is 0 Å². The monoisotopic (exact) mass is 1270 g/mol. The lowest BCUT2D eigenvalue weighted by Gasteiger charge is -2.42. The van der Waals surface area contributed by atoms with Gasteiger partial charge in [0.15, 0.2) is 0 Å². The smallest absolute Gasteiger partial charge is 0.194 e. The van der Waals surface area contributed by atoms with Crippen LogP contribution in [0.15, 0.2) is 60.7 Å². The van der Waals surface area contributed by atoms with E-state index in [1.54, 1.807) is 24.3 Å². The van der Waals surface area contributed by atoms with Crippen molar-refractivity contribution in [1.82, 2.24) is 0 Å². The molecular weight excluding hydrogens is 1220 g/mol. The molecular formula is C56H52F26Si2. The van der Waals surface area contributed by atoms with Gasteiger partial charge in [0, 0.05) is 22.3 Å². The summed E-state index contributed by atoms with van der Waals surface area (Å²) in [7, 11) is -5.99. The van der Waals surface area contributed by atoms with Crippen molar-refractivity contribution >= 4 is 59.2 Å². The second-order valence-corrected chi connectivity index (χ2v) is 33.8. The molecule has 84 heavy (non-hydrogen) atoms. The minimum Gasteiger partial charge on any atom is -0.194 e. The molecule has 5 aromatic rings. The van der Waals surface area contributed by atoms with Gasteiger partial charge in [-0.2, -0.15) is 114 Å². The first-order chi connectivity index (χ1) is 37.5. The Balaban J connectivity index is 2.23. The summed E-state index contributed by atoms with van der Waals surface area (Å²) in [5.41, 5.74) is -3.22. The van der Waals surface area contributed by atoms with Crippen molar-refractivity contribution in [3.8, 4) is 22.9 Å². The van der Waals surface area contributed by atoms with E-state index in [1.165, 1.54) is 12.1 Å². The van der Waals surface area contributed by atoms with Gasteiger partial charge >= 0.3 is 71.6 Å². The zero-order valence-corrected chi connectivity index (χ0v) is 48.1. The van der Waals surface area contributed by atoms with Crippen LogP contribution in [0.4, 0.5) is 114 Å². The van der Waals surface area contributed by atoms with Crippen LogP contribution in [0.2, 0.25) is 33.2 Å². The van der Waals surface area contributed by atoms with Crippen molar-refractivity contribution in [3.63, 3.8) is 0 Å². The average molecular weight is 1280 g/mol. The maximum absolute atomic E-state index is 16.6. The van der Waals surface area contributed by atoms with Gasteiger partial charge in [0.2, 0.25) is 0 Å². The fraction of sp³-hybridized carbons (Fsp3) is 0.536. The van der Waals surface area contributed by atoms with Crippen molar-refractivity contribution in [3.05, 3.63) is 82.9 Å². The molecule has 0 spiro atoms. The molecule has 0 aliphatic heterocycles. The summed E-state index contributed by atoms with van der Waals surface area (Å²) >= 11 is 0. The van der Waals surface area contributed by atoms with E-state index in [0.29, 0.717) is 22.9 Å². The van der Waals surface area contributed by atoms with E-state index in [9.17, 15) is 61.5 Å². The predicted octanol–water partition coefficient (Wildman–Crippen LogP) is 21.8. The van der Waals surface area contributed by atoms with Crippen molar-refractivity contribution in [1.29, 1.82) is 0 Å². The van der Waals surface area contributed by atoms with E-state index < -0.39 is 133 Å². The number of hydrogen-bond acceptors (Lipinski definition) is 0. The first kappa shape index (κ1) is 69.6. The molecule has 5 aromatic carbocycles. The molecule has 0 aliphatic rings. The van der Waals surface area contributed by atoms with Gasteiger partial charge in [-0.1, -0.05) is 119 Å². The highest BCUT2D eigenvalue weighted by molar-refractivity contribution is 6.91. The van der Waals surface area contributed by atoms with Crippen LogP contribution < -0.4 is 0 Å². The van der Waals surface area contributed by atoms with Gasteiger partial charge in [0.25, 0.3) is 0 Å². The molecule has 5 rings (SSSR count). The van der Waals surface area contributed by atoms with Gasteiger partial charge in [0.05, 0.1) is 0 Å². The lowest BCUT2D eigenvalue weighted by atomic mass is 9.82. The van der Waals surface area contributed by atoms with Crippen LogP contribution in [-0.2, 0) is 11.8 Å². The van der Waals surface area contributed by atoms with Crippen LogP contribution in [0.3, 0.4) is 0 Å². The largest absolute Gasteiger partial charge is 0.460 e. The molecule has 0 heterocycles. The predicted molar refractivity (Wildman–Crippen MR) is 272 cm³/mol. The highest BCUT2D eigenvalue weighted by Crippen LogP contribution is 2.66. The van der Waals surface area contributed by atoms with Crippen LogP contribution in [0, 0.1) is 22.9 Å². The highest BCUT2D eigenvalue weighted by atomic mass is 28.3. The molecule has 0 nitrogen and oxygen atoms in total. The van der Waals surface area contributed by atoms with Crippen LogP contribution in [0.5, 0.6) is 0 Å². The number of fused-ring (bicyclic) bond motifs is 4. The lowest BCUT2D eigenvalue weighted by Crippen LogP contribution is -2.70. The van der Waals surface area contributed by atoms with Crippen molar-refractivity contribution < 1.29 is 114 Å². The zero-order chi connectivity index (χ0) is 65.3. The molecule has 0 amide bonds. The molecule has 466 valence electrons. The number of benzene rings is 5. The Labute approximate surface area is 466 Å². The maximum atomic E-state index is 16.6. The summed E-state index contributed by atoms with van der Waals surface area (Å²) in [6.07, 6.45) is -16.1. The Morgan fingerprint density at radius 3 is 0.714 bits per heavy atom. The number of halogens is 26. The Morgan fingerprint density at radius 1 is 0.286 bits per heavy atom. The van der Waals surface area contributed by atoms with Gasteiger partial charge < -0.3 is 0 Å². The van der Waals surface area contributed by atoms with E-state index >= 15 is 52.7 Å². The van der Waals surface area contributed by atoms with Crippen LogP contribution in [0.25, 0.3) is 43.1 Å². The third-order valence-electron chi connectivity index (χ3n) is 16.2. The Bertz CT molecular complexity index is 3180. The standard InChI is InChI=1S/C56H52F26Si2/c1-27(2)83(28(3)4,29(5)6)19-17-37-39-21-33-15-13-14-16-34(33)22-40(39)38(18-20-84(30(7)8,31(9)10)32(11)12)42-24-36-26-44(46(59,60)48(63,64)50(67,68)52(71,72)54(75,76)56(80,81)82)43(25-35(36)23-41(37)42)45(57,58)47(61,62)49(65,66)51(69,70)53(73,74)55(77,78)79/h13-16,21-32H,1-12H3. The summed E-state index contributed by atoms with van der Waals surface area (Å²) in [5.74, 6) is -80.3. The van der Waals surface area contributed by atoms with E-state index in [4.69, 9.17) is 0 Å². The highest BCUT2D eigenvalue weighted by Gasteiger charge is 2.93. The molecule has 0 bridgehead atoms. The number of alkyl halides is 26. The first-order valence-electron chi connectivity index (χ1n) is 25.4. The summed E-state index contributed by atoms with van der Waals surface area (Å²) in [6.45, 7) is 22.0. The molecule has 0 saturated carbocycles. The van der Waals surface area contributed by atoms with E-state index in [0.717, 1.165) is 0 Å². The third-order valence-corrected chi connectivity index (χ3v) is 28.7. The fourth-order valence-corrected chi connectivity index (χ4v) is 22.0. The quantitative estimate of drug-likeness (QED) is 0.0400. The third kappa shape index (κ3) is 9.86. The molecule has 0 aliphatic carbocycles. The fourth-order valence-electron chi connectivity index (χ4n) is 11.6. The van der Waals surface area contributed by atoms with E-state index in [2.05, 4.69) is 22.9 Å². The van der Waals surface area contributed by atoms with Gasteiger partial charge in [0.1, 0.15) is 16.1 Å². The number of rotatable bonds is 16. The normalized spacial score (nSPS) is 15.0. The second-order valence-electron chi connectivity index (χ2n) is 22.7. The second kappa shape index (κ2) is 21.3. The minimum atomic E-state index is -8.94.